The first-order valence-electron chi connectivity index (χ1n) is 13.3. The first kappa shape index (κ1) is 20.5. The Labute approximate surface area is 220 Å². The molecular weight excluding hydrogens is 464 g/mol. The molecule has 2 aliphatic carbocycles. The van der Waals surface area contributed by atoms with E-state index in [1.54, 1.807) is 14.2 Å². The van der Waals surface area contributed by atoms with Crippen molar-refractivity contribution in [2.45, 2.75) is 12.8 Å². The van der Waals surface area contributed by atoms with Gasteiger partial charge >= 0.3 is 0 Å². The zero-order chi connectivity index (χ0) is 25.1. The van der Waals surface area contributed by atoms with Crippen LogP contribution in [0.4, 0.5) is 0 Å². The van der Waals surface area contributed by atoms with E-state index < -0.39 is 0 Å². The van der Waals surface area contributed by atoms with Crippen molar-refractivity contribution >= 4 is 43.1 Å². The van der Waals surface area contributed by atoms with Gasteiger partial charge < -0.3 is 9.47 Å². The lowest BCUT2D eigenvalue weighted by Gasteiger charge is -2.27. The van der Waals surface area contributed by atoms with Crippen LogP contribution in [-0.2, 0) is 12.8 Å². The highest BCUT2D eigenvalue weighted by Crippen LogP contribution is 2.52. The summed E-state index contributed by atoms with van der Waals surface area (Å²) in [6.45, 7) is 0. The van der Waals surface area contributed by atoms with E-state index in [2.05, 4.69) is 78.9 Å². The van der Waals surface area contributed by atoms with Crippen LogP contribution in [0.25, 0.3) is 65.3 Å². The van der Waals surface area contributed by atoms with Gasteiger partial charge in [-0.3, -0.25) is 0 Å². The molecule has 0 aliphatic heterocycles. The summed E-state index contributed by atoms with van der Waals surface area (Å²) in [5, 5.41) is 10.9. The van der Waals surface area contributed by atoms with Crippen LogP contribution >= 0.6 is 0 Å². The molecule has 0 aromatic heterocycles. The van der Waals surface area contributed by atoms with Crippen molar-refractivity contribution in [2.75, 3.05) is 14.2 Å². The topological polar surface area (TPSA) is 18.5 Å². The lowest BCUT2D eigenvalue weighted by molar-refractivity contribution is 0.356. The Morgan fingerprint density at radius 3 is 1.71 bits per heavy atom. The molecule has 0 spiro atoms. The van der Waals surface area contributed by atoms with Crippen molar-refractivity contribution in [3.8, 4) is 33.8 Å². The molecule has 0 heterocycles. The molecule has 0 amide bonds. The SMILES string of the molecule is COc1ccc2c(c1OC)-c1ccc3c4ccc5c6c(ccc(c7ccc(c1c73)C2)c64)Cc1ccccc1-5. The quantitative estimate of drug-likeness (QED) is 0.179. The van der Waals surface area contributed by atoms with Gasteiger partial charge in [0.15, 0.2) is 11.5 Å². The van der Waals surface area contributed by atoms with E-state index in [4.69, 9.17) is 9.47 Å². The van der Waals surface area contributed by atoms with Crippen LogP contribution in [0, 0.1) is 0 Å². The highest BCUT2D eigenvalue weighted by atomic mass is 16.5. The van der Waals surface area contributed by atoms with E-state index in [-0.39, 0.29) is 0 Å². The van der Waals surface area contributed by atoms with E-state index in [1.807, 2.05) is 6.07 Å². The second-order valence-electron chi connectivity index (χ2n) is 10.7. The fourth-order valence-corrected chi connectivity index (χ4v) is 7.52. The third kappa shape index (κ3) is 2.35. The van der Waals surface area contributed by atoms with Crippen LogP contribution in [0.5, 0.6) is 11.5 Å². The maximum atomic E-state index is 5.93. The van der Waals surface area contributed by atoms with Crippen LogP contribution in [0.2, 0.25) is 0 Å². The molecule has 0 saturated carbocycles. The summed E-state index contributed by atoms with van der Waals surface area (Å²) in [5.74, 6) is 1.60. The number of methoxy groups -OCH3 is 2. The molecule has 7 aromatic carbocycles. The maximum Gasteiger partial charge on any atom is 0.168 e. The highest BCUT2D eigenvalue weighted by Gasteiger charge is 2.28. The molecule has 0 fully saturated rings. The zero-order valence-corrected chi connectivity index (χ0v) is 21.3. The first-order valence-corrected chi connectivity index (χ1v) is 13.3. The van der Waals surface area contributed by atoms with E-state index in [9.17, 15) is 0 Å². The van der Waals surface area contributed by atoms with Crippen molar-refractivity contribution in [3.05, 3.63) is 107 Å². The predicted octanol–water partition coefficient (Wildman–Crippen LogP) is 8.90. The Morgan fingerprint density at radius 1 is 0.447 bits per heavy atom. The maximum absolute atomic E-state index is 5.93. The summed E-state index contributed by atoms with van der Waals surface area (Å²) >= 11 is 0. The summed E-state index contributed by atoms with van der Waals surface area (Å²) in [6, 6.07) is 31.9. The Morgan fingerprint density at radius 2 is 1.03 bits per heavy atom. The van der Waals surface area contributed by atoms with Gasteiger partial charge in [-0.05, 0) is 101 Å². The number of benzene rings is 7. The lowest BCUT2D eigenvalue weighted by Crippen LogP contribution is -2.05. The molecule has 0 bridgehead atoms. The van der Waals surface area contributed by atoms with Crippen molar-refractivity contribution in [1.29, 1.82) is 0 Å². The van der Waals surface area contributed by atoms with Gasteiger partial charge in [-0.15, -0.1) is 0 Å². The van der Waals surface area contributed by atoms with Crippen LogP contribution in [0.15, 0.2) is 84.9 Å². The Balaban J connectivity index is 1.46. The number of rotatable bonds is 2. The van der Waals surface area contributed by atoms with Gasteiger partial charge in [0, 0.05) is 5.56 Å². The fourth-order valence-electron chi connectivity index (χ4n) is 7.52. The molecule has 2 nitrogen and oxygen atoms in total. The van der Waals surface area contributed by atoms with Gasteiger partial charge in [-0.2, -0.15) is 0 Å². The van der Waals surface area contributed by atoms with Crippen molar-refractivity contribution < 1.29 is 9.47 Å². The van der Waals surface area contributed by atoms with Crippen LogP contribution in [-0.4, -0.2) is 14.2 Å². The van der Waals surface area contributed by atoms with Gasteiger partial charge in [0.1, 0.15) is 0 Å². The predicted molar refractivity (Wildman–Crippen MR) is 157 cm³/mol. The average Bonchev–Trinajstić information content (AvgIpc) is 2.97. The van der Waals surface area contributed by atoms with Crippen molar-refractivity contribution in [3.63, 3.8) is 0 Å². The average molecular weight is 489 g/mol. The molecule has 9 rings (SSSR count). The van der Waals surface area contributed by atoms with Gasteiger partial charge in [0.2, 0.25) is 0 Å². The largest absolute Gasteiger partial charge is 0.493 e. The summed E-state index contributed by atoms with van der Waals surface area (Å²) in [5.41, 5.74) is 10.6. The summed E-state index contributed by atoms with van der Waals surface area (Å²) in [4.78, 5) is 0. The number of hydrogen-bond donors (Lipinski definition) is 0. The van der Waals surface area contributed by atoms with Gasteiger partial charge in [-0.1, -0.05) is 78.9 Å². The van der Waals surface area contributed by atoms with Crippen LogP contribution in [0.3, 0.4) is 0 Å². The normalized spacial score (nSPS) is 13.3. The molecule has 0 saturated heterocycles. The number of fused-ring (bicyclic) bond motifs is 6. The minimum Gasteiger partial charge on any atom is -0.493 e. The first-order chi connectivity index (χ1) is 18.8. The Hall–Kier alpha value is -4.56. The van der Waals surface area contributed by atoms with E-state index in [1.165, 1.54) is 82.0 Å². The van der Waals surface area contributed by atoms with E-state index in [0.29, 0.717) is 0 Å². The minimum atomic E-state index is 0.778. The summed E-state index contributed by atoms with van der Waals surface area (Å²) < 4.78 is 11.6. The monoisotopic (exact) mass is 488 g/mol. The molecule has 2 heteroatoms. The zero-order valence-electron chi connectivity index (χ0n) is 21.3. The third-order valence-electron chi connectivity index (χ3n) is 9.04. The summed E-state index contributed by atoms with van der Waals surface area (Å²) in [7, 11) is 3.45. The van der Waals surface area contributed by atoms with Crippen molar-refractivity contribution in [1.82, 2.24) is 0 Å². The molecule has 0 atom stereocenters. The van der Waals surface area contributed by atoms with E-state index in [0.717, 1.165) is 29.9 Å². The minimum absolute atomic E-state index is 0.778. The number of hydrogen-bond acceptors (Lipinski definition) is 2. The number of ether oxygens (including phenoxy) is 2. The van der Waals surface area contributed by atoms with Gasteiger partial charge in [0.25, 0.3) is 0 Å². The Bertz CT molecular complexity index is 2130. The summed E-state index contributed by atoms with van der Waals surface area (Å²) in [6.07, 6.45) is 1.88. The van der Waals surface area contributed by atoms with Gasteiger partial charge in [-0.25, -0.2) is 0 Å². The lowest BCUT2D eigenvalue weighted by atomic mass is 9.77. The Kier molecular flexibility index (Phi) is 3.80. The molecule has 7 aromatic rings. The second kappa shape index (κ2) is 7.05. The molecule has 0 radical (unpaired) electrons. The van der Waals surface area contributed by atoms with Crippen molar-refractivity contribution in [2.24, 2.45) is 0 Å². The van der Waals surface area contributed by atoms with E-state index >= 15 is 0 Å². The smallest absolute Gasteiger partial charge is 0.168 e. The third-order valence-corrected chi connectivity index (χ3v) is 9.04. The van der Waals surface area contributed by atoms with Crippen LogP contribution in [0.1, 0.15) is 22.3 Å². The molecule has 0 unspecified atom stereocenters. The van der Waals surface area contributed by atoms with Gasteiger partial charge in [0.05, 0.1) is 14.2 Å². The molecular formula is C36H24O2. The standard InChI is InChI=1S/C36H24O2/c1-37-30-16-9-22-18-21-8-11-26-25-10-7-20-17-19-5-3-4-6-23(19)24-12-13-27(34(25)31(20)24)28-14-15-29(32(21)35(26)28)33(22)36(30)38-2/h3-16H,17-18H2,1-2H3. The molecule has 38 heavy (non-hydrogen) atoms. The molecule has 2 aliphatic rings. The van der Waals surface area contributed by atoms with Crippen LogP contribution < -0.4 is 9.47 Å². The molecule has 0 N–H and O–H groups in total. The fraction of sp³-hybridized carbons (Fsp3) is 0.111. The highest BCUT2D eigenvalue weighted by molar-refractivity contribution is 6.36. The second-order valence-corrected chi connectivity index (χ2v) is 10.7. The molecule has 180 valence electrons.